The average molecular weight is 517 g/mol. The normalized spacial score (nSPS) is 47.3. The molecule has 0 radical (unpaired) electrons. The van der Waals surface area contributed by atoms with E-state index in [1.807, 2.05) is 12.1 Å². The van der Waals surface area contributed by atoms with Gasteiger partial charge in [0.25, 0.3) is 0 Å². The molecule has 11 atom stereocenters. The lowest BCUT2D eigenvalue weighted by Crippen LogP contribution is -2.59. The first-order valence-corrected chi connectivity index (χ1v) is 15.7. The third-order valence-electron chi connectivity index (χ3n) is 12.7. The van der Waals surface area contributed by atoms with Gasteiger partial charge in [-0.25, -0.2) is 0 Å². The SMILES string of the molecule is O=Cc1ccc([C@@H](C2CCCCC2)[C@H]2[C@@H]3C=C[C@@H]4N2[C@]4(O)[C@H]3[C@@H]2CC[C@H]3C[C@@H](O)C4(CCCC4)[C@@H]3N2)cc1. The Labute approximate surface area is 227 Å². The van der Waals surface area contributed by atoms with Gasteiger partial charge in [0.2, 0.25) is 0 Å². The minimum Gasteiger partial charge on any atom is -0.392 e. The van der Waals surface area contributed by atoms with Crippen LogP contribution in [0.1, 0.15) is 98.9 Å². The fourth-order valence-corrected chi connectivity index (χ4v) is 11.1. The molecular formula is C33H44N2O3. The number of aliphatic hydroxyl groups excluding tert-OH is 1. The van der Waals surface area contributed by atoms with Crippen molar-refractivity contribution in [1.29, 1.82) is 0 Å². The lowest BCUT2D eigenvalue weighted by molar-refractivity contribution is 0.000375. The average Bonchev–Trinajstić information content (AvgIpc) is 3.24. The number of rotatable bonds is 5. The molecule has 3 saturated heterocycles. The largest absolute Gasteiger partial charge is 0.392 e. The minimum atomic E-state index is -0.732. The molecule has 0 amide bonds. The maximum atomic E-state index is 12.3. The van der Waals surface area contributed by atoms with Crippen LogP contribution < -0.4 is 5.32 Å². The van der Waals surface area contributed by atoms with Crippen LogP contribution in [0, 0.1) is 29.1 Å². The lowest BCUT2D eigenvalue weighted by Gasteiger charge is -2.47. The van der Waals surface area contributed by atoms with Gasteiger partial charge >= 0.3 is 0 Å². The molecule has 0 aromatic heterocycles. The van der Waals surface area contributed by atoms with E-state index in [-0.39, 0.29) is 23.5 Å². The van der Waals surface area contributed by atoms with Gasteiger partial charge in [-0.2, -0.15) is 0 Å². The molecule has 1 unspecified atom stereocenters. The molecule has 1 spiro atoms. The lowest BCUT2D eigenvalue weighted by atomic mass is 9.64. The second-order valence-corrected chi connectivity index (χ2v) is 14.1. The van der Waals surface area contributed by atoms with Crippen LogP contribution in [0.5, 0.6) is 0 Å². The molecule has 5 nitrogen and oxygen atoms in total. The Bertz CT molecular complexity index is 1110. The monoisotopic (exact) mass is 516 g/mol. The van der Waals surface area contributed by atoms with Gasteiger partial charge in [-0.15, -0.1) is 0 Å². The molecule has 3 N–H and O–H groups in total. The van der Waals surface area contributed by atoms with E-state index in [1.54, 1.807) is 0 Å². The molecule has 6 fully saturated rings. The molecule has 1 aromatic carbocycles. The first-order valence-electron chi connectivity index (χ1n) is 15.7. The fraction of sp³-hybridized carbons (Fsp3) is 0.727. The Morgan fingerprint density at radius 1 is 0.974 bits per heavy atom. The standard InChI is InChI=1S/C33H44N2O3/c36-19-20-8-10-22(11-9-20)28(21-6-2-1-3-7-21)30-24-13-15-26-33(38,35(26)30)29(24)25-14-12-23-18-27(37)32(31(23)34-25)16-4-5-17-32/h8-11,13,15,19,21,23-31,34,37-38H,1-7,12,14,16-18H2/t23-,24+,25-,26-,27+,28+,29+,30+,31+,33+,35?/m0/s1. The molecule has 4 bridgehead atoms. The summed E-state index contributed by atoms with van der Waals surface area (Å²) >= 11 is 0. The first kappa shape index (κ1) is 24.3. The van der Waals surface area contributed by atoms with Gasteiger partial charge in [0, 0.05) is 46.9 Å². The van der Waals surface area contributed by atoms with Crippen LogP contribution in [-0.4, -0.2) is 57.4 Å². The van der Waals surface area contributed by atoms with Crippen molar-refractivity contribution in [3.05, 3.63) is 47.5 Å². The number of aliphatic hydroxyl groups is 2. The van der Waals surface area contributed by atoms with Gasteiger partial charge in [-0.1, -0.05) is 68.5 Å². The third-order valence-corrected chi connectivity index (χ3v) is 12.7. The zero-order valence-corrected chi connectivity index (χ0v) is 22.6. The van der Waals surface area contributed by atoms with Crippen LogP contribution in [0.3, 0.4) is 0 Å². The van der Waals surface area contributed by atoms with E-state index >= 15 is 0 Å². The maximum Gasteiger partial charge on any atom is 0.150 e. The molecule has 4 aliphatic carbocycles. The van der Waals surface area contributed by atoms with E-state index in [2.05, 4.69) is 34.5 Å². The zero-order chi connectivity index (χ0) is 25.6. The maximum absolute atomic E-state index is 12.3. The Morgan fingerprint density at radius 2 is 1.74 bits per heavy atom. The van der Waals surface area contributed by atoms with Crippen molar-refractivity contribution in [3.8, 4) is 0 Å². The van der Waals surface area contributed by atoms with Crippen LogP contribution in [-0.2, 0) is 0 Å². The molecule has 3 saturated carbocycles. The van der Waals surface area contributed by atoms with Crippen molar-refractivity contribution in [2.24, 2.45) is 29.1 Å². The highest BCUT2D eigenvalue weighted by Crippen LogP contribution is 2.67. The molecule has 4 heterocycles. The topological polar surface area (TPSA) is 72.6 Å². The number of benzene rings is 1. The van der Waals surface area contributed by atoms with Crippen molar-refractivity contribution in [2.45, 2.75) is 119 Å². The summed E-state index contributed by atoms with van der Waals surface area (Å²) in [6.07, 6.45) is 20.1. The highest BCUT2D eigenvalue weighted by Gasteiger charge is 2.79. The van der Waals surface area contributed by atoms with Gasteiger partial charge in [0.05, 0.1) is 12.1 Å². The Kier molecular flexibility index (Phi) is 5.58. The van der Waals surface area contributed by atoms with Crippen molar-refractivity contribution in [2.75, 3.05) is 0 Å². The summed E-state index contributed by atoms with van der Waals surface area (Å²) < 4.78 is 0. The van der Waals surface area contributed by atoms with Gasteiger partial charge < -0.3 is 15.5 Å². The predicted molar refractivity (Wildman–Crippen MR) is 147 cm³/mol. The van der Waals surface area contributed by atoms with Gasteiger partial charge in [0.1, 0.15) is 12.0 Å². The molecule has 204 valence electrons. The number of nitrogens with zero attached hydrogens (tertiary/aromatic N) is 1. The quantitative estimate of drug-likeness (QED) is 0.298. The van der Waals surface area contributed by atoms with Gasteiger partial charge in [0.15, 0.2) is 0 Å². The van der Waals surface area contributed by atoms with Crippen molar-refractivity contribution < 1.29 is 15.0 Å². The van der Waals surface area contributed by atoms with Gasteiger partial charge in [-0.3, -0.25) is 9.69 Å². The van der Waals surface area contributed by atoms with E-state index < -0.39 is 5.72 Å². The molecule has 5 heteroatoms. The summed E-state index contributed by atoms with van der Waals surface area (Å²) in [5.74, 6) is 2.14. The Morgan fingerprint density at radius 3 is 2.47 bits per heavy atom. The van der Waals surface area contributed by atoms with Crippen LogP contribution in [0.4, 0.5) is 0 Å². The number of aldehydes is 1. The highest BCUT2D eigenvalue weighted by molar-refractivity contribution is 5.74. The number of nitrogens with one attached hydrogen (secondary N) is 1. The molecule has 38 heavy (non-hydrogen) atoms. The third kappa shape index (κ3) is 3.22. The Balaban J connectivity index is 1.13. The van der Waals surface area contributed by atoms with Crippen molar-refractivity contribution >= 4 is 6.29 Å². The number of fused-ring (bicyclic) bond motifs is 2. The molecule has 8 aliphatic rings. The van der Waals surface area contributed by atoms with E-state index in [1.165, 1.54) is 56.9 Å². The summed E-state index contributed by atoms with van der Waals surface area (Å²) in [6, 6.07) is 9.54. The number of carbonyl (C=O) groups excluding carboxylic acids is 1. The summed E-state index contributed by atoms with van der Waals surface area (Å²) in [5, 5.41) is 27.6. The van der Waals surface area contributed by atoms with Crippen LogP contribution in [0.2, 0.25) is 0 Å². The second kappa shape index (κ2) is 8.73. The summed E-state index contributed by atoms with van der Waals surface area (Å²) in [6.45, 7) is 0. The summed E-state index contributed by atoms with van der Waals surface area (Å²) in [5.41, 5.74) is 1.42. The molecular weight excluding hydrogens is 472 g/mol. The van der Waals surface area contributed by atoms with E-state index in [9.17, 15) is 15.0 Å². The van der Waals surface area contributed by atoms with E-state index in [4.69, 9.17) is 0 Å². The predicted octanol–water partition coefficient (Wildman–Crippen LogP) is 4.78. The molecule has 4 aliphatic heterocycles. The van der Waals surface area contributed by atoms with Crippen molar-refractivity contribution in [1.82, 2.24) is 10.2 Å². The summed E-state index contributed by atoms with van der Waals surface area (Å²) in [4.78, 5) is 13.9. The first-order chi connectivity index (χ1) is 18.6. The van der Waals surface area contributed by atoms with Gasteiger partial charge in [-0.05, 0) is 62.3 Å². The molecule has 9 rings (SSSR count). The fourth-order valence-electron chi connectivity index (χ4n) is 11.1. The number of hydrogen-bond donors (Lipinski definition) is 3. The smallest absolute Gasteiger partial charge is 0.150 e. The minimum absolute atomic E-state index is 0.0625. The van der Waals surface area contributed by atoms with E-state index in [0.29, 0.717) is 41.8 Å². The highest BCUT2D eigenvalue weighted by atomic mass is 16.3. The van der Waals surface area contributed by atoms with Crippen LogP contribution in [0.25, 0.3) is 0 Å². The number of carbonyl (C=O) groups is 1. The number of piperidine rings is 2. The summed E-state index contributed by atoms with van der Waals surface area (Å²) in [7, 11) is 0. The van der Waals surface area contributed by atoms with E-state index in [0.717, 1.165) is 37.5 Å². The van der Waals surface area contributed by atoms with Crippen molar-refractivity contribution in [3.63, 3.8) is 0 Å². The van der Waals surface area contributed by atoms with Crippen LogP contribution >= 0.6 is 0 Å². The zero-order valence-electron chi connectivity index (χ0n) is 22.6. The Hall–Kier alpha value is -1.53. The second-order valence-electron chi connectivity index (χ2n) is 14.1. The molecule has 1 aromatic rings. The van der Waals surface area contributed by atoms with Crippen LogP contribution in [0.15, 0.2) is 36.4 Å². The number of hydrogen-bond acceptors (Lipinski definition) is 5.